The Hall–Kier alpha value is -3.45. The Morgan fingerprint density at radius 3 is 2.28 bits per heavy atom. The largest absolute Gasteiger partial charge is 0.452 e. The maximum absolute atomic E-state index is 13.0. The Morgan fingerprint density at radius 1 is 0.938 bits per heavy atom. The van der Waals surface area contributed by atoms with Crippen molar-refractivity contribution in [1.82, 2.24) is 4.90 Å². The summed E-state index contributed by atoms with van der Waals surface area (Å²) < 4.78 is 5.91. The van der Waals surface area contributed by atoms with Gasteiger partial charge in [0.25, 0.3) is 11.8 Å². The minimum Gasteiger partial charge on any atom is -0.452 e. The highest BCUT2D eigenvalue weighted by Gasteiger charge is 2.21. The van der Waals surface area contributed by atoms with Crippen molar-refractivity contribution in [3.63, 3.8) is 0 Å². The molecule has 0 saturated carbocycles. The second-order valence-electron chi connectivity index (χ2n) is 7.30. The summed E-state index contributed by atoms with van der Waals surface area (Å²) in [5, 5.41) is 2.69. The molecule has 0 unspecified atom stereocenters. The Balaban J connectivity index is 1.64. The van der Waals surface area contributed by atoms with Crippen molar-refractivity contribution in [2.45, 2.75) is 13.5 Å². The number of anilines is 1. The monoisotopic (exact) mass is 494 g/mol. The average molecular weight is 495 g/mol. The first-order chi connectivity index (χ1) is 15.3. The molecule has 0 fully saturated rings. The van der Waals surface area contributed by atoms with Gasteiger partial charge in [0, 0.05) is 18.1 Å². The van der Waals surface area contributed by atoms with Crippen LogP contribution in [0.25, 0.3) is 0 Å². The van der Waals surface area contributed by atoms with E-state index in [4.69, 9.17) is 4.74 Å². The van der Waals surface area contributed by atoms with Gasteiger partial charge in [-0.05, 0) is 58.2 Å². The number of benzene rings is 3. The van der Waals surface area contributed by atoms with Crippen LogP contribution in [0.1, 0.15) is 31.8 Å². The number of halogens is 1. The number of ether oxygens (including phenoxy) is 1. The van der Waals surface area contributed by atoms with Gasteiger partial charge in [0.2, 0.25) is 0 Å². The van der Waals surface area contributed by atoms with E-state index in [0.717, 1.165) is 15.6 Å². The molecule has 0 aliphatic carbocycles. The molecule has 6 nitrogen and oxygen atoms in total. The van der Waals surface area contributed by atoms with E-state index in [-0.39, 0.29) is 17.0 Å². The number of nitrogens with zero attached hydrogens (tertiary/aromatic N) is 1. The molecule has 1 N–H and O–H groups in total. The minimum atomic E-state index is -0.736. The van der Waals surface area contributed by atoms with Crippen LogP contribution in [0.15, 0.2) is 77.3 Å². The summed E-state index contributed by atoms with van der Waals surface area (Å²) in [6, 6.07) is 21.5. The fourth-order valence-corrected chi connectivity index (χ4v) is 3.69. The van der Waals surface area contributed by atoms with Gasteiger partial charge in [-0.15, -0.1) is 0 Å². The fraction of sp³-hybridized carbons (Fsp3) is 0.160. The minimum absolute atomic E-state index is 0.113. The van der Waals surface area contributed by atoms with E-state index in [9.17, 15) is 14.4 Å². The number of rotatable bonds is 7. The highest BCUT2D eigenvalue weighted by Crippen LogP contribution is 2.23. The second kappa shape index (κ2) is 10.7. The fourth-order valence-electron chi connectivity index (χ4n) is 3.10. The maximum Gasteiger partial charge on any atom is 0.339 e. The van der Waals surface area contributed by atoms with E-state index in [2.05, 4.69) is 21.2 Å². The molecule has 0 atom stereocenters. The first kappa shape index (κ1) is 23.2. The number of amides is 2. The number of esters is 1. The Kier molecular flexibility index (Phi) is 7.78. The van der Waals surface area contributed by atoms with Gasteiger partial charge in [-0.2, -0.15) is 0 Å². The zero-order chi connectivity index (χ0) is 23.1. The van der Waals surface area contributed by atoms with Crippen molar-refractivity contribution >= 4 is 39.4 Å². The van der Waals surface area contributed by atoms with E-state index in [1.54, 1.807) is 31.3 Å². The summed E-state index contributed by atoms with van der Waals surface area (Å²) in [5.74, 6) is -1.53. The van der Waals surface area contributed by atoms with Crippen LogP contribution in [0.2, 0.25) is 0 Å². The molecule has 0 saturated heterocycles. The third kappa shape index (κ3) is 6.04. The Labute approximate surface area is 195 Å². The van der Waals surface area contributed by atoms with Crippen LogP contribution in [0, 0.1) is 6.92 Å². The van der Waals surface area contributed by atoms with Crippen LogP contribution in [-0.2, 0) is 16.1 Å². The summed E-state index contributed by atoms with van der Waals surface area (Å²) in [5.41, 5.74) is 2.93. The number of hydrogen-bond donors (Lipinski definition) is 1. The molecular formula is C25H23BrN2O4. The quantitative estimate of drug-likeness (QED) is 0.477. The lowest BCUT2D eigenvalue weighted by Gasteiger charge is -2.19. The lowest BCUT2D eigenvalue weighted by Crippen LogP contribution is -2.28. The SMILES string of the molecule is Cc1ccc(NC(=O)COC(=O)c2ccccc2C(=O)N(C)Cc2ccccc2)c(Br)c1. The zero-order valence-electron chi connectivity index (χ0n) is 17.8. The van der Waals surface area contributed by atoms with Gasteiger partial charge in [-0.25, -0.2) is 4.79 Å². The average Bonchev–Trinajstić information content (AvgIpc) is 2.79. The van der Waals surface area contributed by atoms with Crippen molar-refractivity contribution < 1.29 is 19.1 Å². The molecule has 0 heterocycles. The number of hydrogen-bond acceptors (Lipinski definition) is 4. The van der Waals surface area contributed by atoms with E-state index in [0.29, 0.717) is 12.2 Å². The lowest BCUT2D eigenvalue weighted by atomic mass is 10.1. The van der Waals surface area contributed by atoms with Gasteiger partial charge < -0.3 is 15.0 Å². The lowest BCUT2D eigenvalue weighted by molar-refractivity contribution is -0.119. The van der Waals surface area contributed by atoms with Gasteiger partial charge in [0.05, 0.1) is 16.8 Å². The van der Waals surface area contributed by atoms with E-state index >= 15 is 0 Å². The number of carbonyl (C=O) groups is 3. The molecule has 3 aromatic rings. The van der Waals surface area contributed by atoms with Gasteiger partial charge in [-0.1, -0.05) is 48.5 Å². The topological polar surface area (TPSA) is 75.7 Å². The van der Waals surface area contributed by atoms with E-state index in [1.807, 2.05) is 49.4 Å². The normalized spacial score (nSPS) is 10.3. The molecule has 0 spiro atoms. The van der Waals surface area contributed by atoms with Gasteiger partial charge in [0.15, 0.2) is 6.61 Å². The first-order valence-corrected chi connectivity index (χ1v) is 10.8. The maximum atomic E-state index is 13.0. The van der Waals surface area contributed by atoms with Crippen LogP contribution in [-0.4, -0.2) is 36.3 Å². The van der Waals surface area contributed by atoms with Gasteiger partial charge in [-0.3, -0.25) is 9.59 Å². The molecule has 3 rings (SSSR count). The predicted molar refractivity (Wildman–Crippen MR) is 126 cm³/mol. The molecular weight excluding hydrogens is 472 g/mol. The number of nitrogens with one attached hydrogen (secondary N) is 1. The molecule has 0 radical (unpaired) electrons. The van der Waals surface area contributed by atoms with Gasteiger partial charge in [0.1, 0.15) is 0 Å². The summed E-state index contributed by atoms with van der Waals surface area (Å²) in [6.45, 7) is 1.87. The van der Waals surface area contributed by atoms with Crippen molar-refractivity contribution in [1.29, 1.82) is 0 Å². The Morgan fingerprint density at radius 2 is 1.59 bits per heavy atom. The van der Waals surface area contributed by atoms with E-state index < -0.39 is 18.5 Å². The molecule has 7 heteroatoms. The van der Waals surface area contributed by atoms with Crippen LogP contribution < -0.4 is 5.32 Å². The standard InChI is InChI=1S/C25H23BrN2O4/c1-17-12-13-22(21(26)14-17)27-23(29)16-32-25(31)20-11-7-6-10-19(20)24(30)28(2)15-18-8-4-3-5-9-18/h3-14H,15-16H2,1-2H3,(H,27,29). The van der Waals surface area contributed by atoms with Crippen LogP contribution >= 0.6 is 15.9 Å². The van der Waals surface area contributed by atoms with Gasteiger partial charge >= 0.3 is 5.97 Å². The Bertz CT molecular complexity index is 1130. The second-order valence-corrected chi connectivity index (χ2v) is 8.15. The number of carbonyl (C=O) groups excluding carboxylic acids is 3. The van der Waals surface area contributed by atoms with Crippen molar-refractivity contribution in [2.24, 2.45) is 0 Å². The van der Waals surface area contributed by atoms with Crippen LogP contribution in [0.4, 0.5) is 5.69 Å². The summed E-state index contributed by atoms with van der Waals surface area (Å²) >= 11 is 3.39. The van der Waals surface area contributed by atoms with Crippen LogP contribution in [0.3, 0.4) is 0 Å². The first-order valence-electron chi connectivity index (χ1n) is 9.96. The molecule has 3 aromatic carbocycles. The zero-order valence-corrected chi connectivity index (χ0v) is 19.4. The summed E-state index contributed by atoms with van der Waals surface area (Å²) in [7, 11) is 1.67. The molecule has 32 heavy (non-hydrogen) atoms. The van der Waals surface area contributed by atoms with Crippen molar-refractivity contribution in [3.8, 4) is 0 Å². The van der Waals surface area contributed by atoms with Crippen molar-refractivity contribution in [2.75, 3.05) is 19.0 Å². The summed E-state index contributed by atoms with van der Waals surface area (Å²) in [4.78, 5) is 39.4. The molecule has 164 valence electrons. The number of aryl methyl sites for hydroxylation is 1. The highest BCUT2D eigenvalue weighted by molar-refractivity contribution is 9.10. The van der Waals surface area contributed by atoms with Crippen LogP contribution in [0.5, 0.6) is 0 Å². The summed E-state index contributed by atoms with van der Waals surface area (Å²) in [6.07, 6.45) is 0. The highest BCUT2D eigenvalue weighted by atomic mass is 79.9. The molecule has 0 aromatic heterocycles. The third-order valence-electron chi connectivity index (χ3n) is 4.72. The molecule has 2 amide bonds. The third-order valence-corrected chi connectivity index (χ3v) is 5.38. The smallest absolute Gasteiger partial charge is 0.339 e. The van der Waals surface area contributed by atoms with E-state index in [1.165, 1.54) is 11.0 Å². The molecule has 0 aliphatic rings. The predicted octanol–water partition coefficient (Wildman–Crippen LogP) is 4.83. The van der Waals surface area contributed by atoms with Crippen molar-refractivity contribution in [3.05, 3.63) is 99.5 Å². The molecule has 0 aliphatic heterocycles. The molecule has 0 bridgehead atoms.